The number of pyridine rings is 1. The number of thiocarbonyl (C=S) groups is 1. The van der Waals surface area contributed by atoms with Crippen molar-refractivity contribution < 1.29 is 4.39 Å². The van der Waals surface area contributed by atoms with Gasteiger partial charge in [0, 0.05) is 34.0 Å². The summed E-state index contributed by atoms with van der Waals surface area (Å²) in [5, 5.41) is 4.74. The molecule has 0 amide bonds. The topological polar surface area (TPSA) is 33.1 Å². The smallest absolute Gasteiger partial charge is 0.174 e. The number of nitrogens with zero attached hydrogens (tertiary/aromatic N) is 3. The predicted molar refractivity (Wildman–Crippen MR) is 135 cm³/mol. The van der Waals surface area contributed by atoms with Crippen molar-refractivity contribution in [3.05, 3.63) is 112 Å². The molecule has 4 aromatic rings. The summed E-state index contributed by atoms with van der Waals surface area (Å²) in [4.78, 5) is 6.67. The summed E-state index contributed by atoms with van der Waals surface area (Å²) in [7, 11) is 0. The molecule has 0 saturated carbocycles. The Morgan fingerprint density at radius 3 is 2.33 bits per heavy atom. The minimum Gasteiger partial charge on any atom is -0.351 e. The van der Waals surface area contributed by atoms with Gasteiger partial charge in [-0.1, -0.05) is 17.7 Å². The van der Waals surface area contributed by atoms with Crippen LogP contribution in [-0.4, -0.2) is 14.7 Å². The first-order valence-electron chi connectivity index (χ1n) is 10.6. The predicted octanol–water partition coefficient (Wildman–Crippen LogP) is 6.46. The second kappa shape index (κ2) is 8.61. The number of halogens is 2. The zero-order valence-corrected chi connectivity index (χ0v) is 19.7. The number of anilines is 1. The molecule has 3 heterocycles. The molecule has 2 aromatic heterocycles. The lowest BCUT2D eigenvalue weighted by Gasteiger charge is -2.28. The fourth-order valence-electron chi connectivity index (χ4n) is 4.63. The van der Waals surface area contributed by atoms with Crippen LogP contribution in [0.4, 0.5) is 10.1 Å². The highest BCUT2D eigenvalue weighted by molar-refractivity contribution is 7.80. The summed E-state index contributed by atoms with van der Waals surface area (Å²) < 4.78 is 15.9. The lowest BCUT2D eigenvalue weighted by atomic mass is 9.96. The van der Waals surface area contributed by atoms with E-state index in [4.69, 9.17) is 23.8 Å². The number of aryl methyl sites for hydroxylation is 1. The Hall–Kier alpha value is -3.22. The number of benzene rings is 2. The van der Waals surface area contributed by atoms with Crippen molar-refractivity contribution in [3.8, 4) is 5.69 Å². The molecule has 7 heteroatoms. The van der Waals surface area contributed by atoms with E-state index in [9.17, 15) is 4.39 Å². The minimum atomic E-state index is -0.282. The van der Waals surface area contributed by atoms with E-state index < -0.39 is 0 Å². The first-order chi connectivity index (χ1) is 15.9. The van der Waals surface area contributed by atoms with Crippen molar-refractivity contribution in [3.63, 3.8) is 0 Å². The van der Waals surface area contributed by atoms with Crippen LogP contribution >= 0.6 is 23.8 Å². The van der Waals surface area contributed by atoms with Gasteiger partial charge >= 0.3 is 0 Å². The van der Waals surface area contributed by atoms with E-state index in [-0.39, 0.29) is 17.9 Å². The van der Waals surface area contributed by atoms with Crippen LogP contribution in [0.25, 0.3) is 5.69 Å². The van der Waals surface area contributed by atoms with Crippen molar-refractivity contribution >= 4 is 34.6 Å². The maximum Gasteiger partial charge on any atom is 0.174 e. The normalized spacial score (nSPS) is 17.9. The van der Waals surface area contributed by atoms with Gasteiger partial charge in [-0.15, -0.1) is 0 Å². The summed E-state index contributed by atoms with van der Waals surface area (Å²) in [6.07, 6.45) is 1.79. The fourth-order valence-corrected chi connectivity index (χ4v) is 5.10. The Morgan fingerprint density at radius 1 is 0.970 bits per heavy atom. The Morgan fingerprint density at radius 2 is 1.67 bits per heavy atom. The molecule has 0 aliphatic carbocycles. The molecule has 0 radical (unpaired) electrons. The SMILES string of the molecule is Cc1cc([C@@H]2[C@@H](c3ccccn3)NC(=S)N2c2ccc(F)cc2)c(C)n1-c1ccc(Cl)cc1. The van der Waals surface area contributed by atoms with Crippen molar-refractivity contribution in [2.75, 3.05) is 4.90 Å². The molecular formula is C26H22ClFN4S. The maximum absolute atomic E-state index is 13.7. The summed E-state index contributed by atoms with van der Waals surface area (Å²) in [5.74, 6) is -0.282. The summed E-state index contributed by atoms with van der Waals surface area (Å²) in [6.45, 7) is 4.19. The van der Waals surface area contributed by atoms with Gasteiger partial charge in [-0.25, -0.2) is 4.39 Å². The van der Waals surface area contributed by atoms with Crippen molar-refractivity contribution in [1.29, 1.82) is 0 Å². The highest BCUT2D eigenvalue weighted by Crippen LogP contribution is 2.43. The van der Waals surface area contributed by atoms with Crippen molar-refractivity contribution in [1.82, 2.24) is 14.9 Å². The molecule has 2 aromatic carbocycles. The van der Waals surface area contributed by atoms with Gasteiger partial charge in [0.05, 0.1) is 17.8 Å². The van der Waals surface area contributed by atoms with Gasteiger partial charge in [-0.05, 0) is 98.4 Å². The minimum absolute atomic E-state index is 0.162. The van der Waals surface area contributed by atoms with Gasteiger partial charge in [-0.2, -0.15) is 0 Å². The van der Waals surface area contributed by atoms with Gasteiger partial charge in [0.1, 0.15) is 5.82 Å². The van der Waals surface area contributed by atoms with E-state index >= 15 is 0 Å². The highest BCUT2D eigenvalue weighted by Gasteiger charge is 2.42. The molecule has 0 spiro atoms. The summed E-state index contributed by atoms with van der Waals surface area (Å²) in [6, 6.07) is 22.0. The quantitative estimate of drug-likeness (QED) is 0.343. The van der Waals surface area contributed by atoms with Crippen LogP contribution < -0.4 is 10.2 Å². The van der Waals surface area contributed by atoms with Gasteiger partial charge in [-0.3, -0.25) is 4.98 Å². The molecule has 2 atom stereocenters. The standard InChI is InChI=1S/C26H22ClFN4S/c1-16-15-22(17(2)31(16)20-10-6-18(27)7-11-20)25-24(23-5-3-4-14-29-23)30-26(33)32(25)21-12-8-19(28)9-13-21/h3-15,24-25H,1-2H3,(H,30,33)/t24-,25-/m1/s1. The molecule has 0 bridgehead atoms. The first kappa shape index (κ1) is 21.6. The van der Waals surface area contributed by atoms with Crippen LogP contribution in [0.15, 0.2) is 79.0 Å². The third kappa shape index (κ3) is 3.90. The van der Waals surface area contributed by atoms with Crippen LogP contribution in [0.2, 0.25) is 5.02 Å². The van der Waals surface area contributed by atoms with Gasteiger partial charge in [0.25, 0.3) is 0 Å². The molecule has 166 valence electrons. The molecule has 1 saturated heterocycles. The lowest BCUT2D eigenvalue weighted by Crippen LogP contribution is -2.29. The van der Waals surface area contributed by atoms with Crippen LogP contribution in [0.5, 0.6) is 0 Å². The monoisotopic (exact) mass is 476 g/mol. The number of rotatable bonds is 4. The second-order valence-electron chi connectivity index (χ2n) is 8.11. The largest absolute Gasteiger partial charge is 0.351 e. The average Bonchev–Trinajstić information content (AvgIpc) is 3.31. The summed E-state index contributed by atoms with van der Waals surface area (Å²) >= 11 is 11.9. The van der Waals surface area contributed by atoms with Gasteiger partial charge in [0.15, 0.2) is 5.11 Å². The molecule has 1 fully saturated rings. The molecular weight excluding hydrogens is 455 g/mol. The van der Waals surface area contributed by atoms with Crippen LogP contribution in [0.3, 0.4) is 0 Å². The summed E-state index contributed by atoms with van der Waals surface area (Å²) in [5.41, 5.74) is 6.08. The second-order valence-corrected chi connectivity index (χ2v) is 8.93. The molecule has 1 aliphatic rings. The van der Waals surface area contributed by atoms with E-state index in [1.165, 1.54) is 12.1 Å². The van der Waals surface area contributed by atoms with Gasteiger partial charge in [0.2, 0.25) is 0 Å². The fraction of sp³-hybridized carbons (Fsp3) is 0.154. The van der Waals surface area contributed by atoms with Crippen LogP contribution in [-0.2, 0) is 0 Å². The Kier molecular flexibility index (Phi) is 5.64. The number of hydrogen-bond donors (Lipinski definition) is 1. The Balaban J connectivity index is 1.67. The number of hydrogen-bond acceptors (Lipinski definition) is 2. The van der Waals surface area contributed by atoms with Gasteiger partial charge < -0.3 is 14.8 Å². The van der Waals surface area contributed by atoms with Crippen LogP contribution in [0, 0.1) is 19.7 Å². The molecule has 0 unspecified atom stereocenters. The average molecular weight is 477 g/mol. The van der Waals surface area contributed by atoms with E-state index in [2.05, 4.69) is 39.7 Å². The molecule has 1 aliphatic heterocycles. The van der Waals surface area contributed by atoms with E-state index in [0.717, 1.165) is 34.0 Å². The molecule has 4 nitrogen and oxygen atoms in total. The molecule has 1 N–H and O–H groups in total. The number of nitrogens with one attached hydrogen (secondary N) is 1. The Bertz CT molecular complexity index is 1300. The molecule has 5 rings (SSSR count). The van der Waals surface area contributed by atoms with Crippen LogP contribution in [0.1, 0.15) is 34.7 Å². The molecule has 33 heavy (non-hydrogen) atoms. The first-order valence-corrected chi connectivity index (χ1v) is 11.4. The lowest BCUT2D eigenvalue weighted by molar-refractivity contribution is 0.565. The zero-order valence-electron chi connectivity index (χ0n) is 18.2. The third-order valence-electron chi connectivity index (χ3n) is 6.08. The Labute approximate surface area is 202 Å². The third-order valence-corrected chi connectivity index (χ3v) is 6.64. The van der Waals surface area contributed by atoms with Crippen molar-refractivity contribution in [2.45, 2.75) is 25.9 Å². The number of aromatic nitrogens is 2. The zero-order chi connectivity index (χ0) is 23.1. The van der Waals surface area contributed by atoms with E-state index in [1.807, 2.05) is 42.5 Å². The maximum atomic E-state index is 13.7. The van der Waals surface area contributed by atoms with E-state index in [0.29, 0.717) is 10.1 Å². The van der Waals surface area contributed by atoms with Crippen molar-refractivity contribution in [2.24, 2.45) is 0 Å². The van der Waals surface area contributed by atoms with E-state index in [1.54, 1.807) is 18.3 Å². The highest BCUT2D eigenvalue weighted by atomic mass is 35.5.